The zero-order valence-electron chi connectivity index (χ0n) is 16.3. The molecular formula is C22H24ClN3O2S. The van der Waals surface area contributed by atoms with Crippen LogP contribution in [0.1, 0.15) is 44.2 Å². The van der Waals surface area contributed by atoms with Crippen molar-refractivity contribution in [3.63, 3.8) is 0 Å². The Bertz CT molecular complexity index is 1120. The van der Waals surface area contributed by atoms with Gasteiger partial charge in [-0.15, -0.1) is 0 Å². The lowest BCUT2D eigenvalue weighted by atomic mass is 10.1. The van der Waals surface area contributed by atoms with Gasteiger partial charge in [0.1, 0.15) is 0 Å². The van der Waals surface area contributed by atoms with Crippen LogP contribution >= 0.6 is 23.8 Å². The lowest BCUT2D eigenvalue weighted by Crippen LogP contribution is -2.26. The molecule has 1 aromatic heterocycles. The van der Waals surface area contributed by atoms with Crippen LogP contribution in [0, 0.1) is 4.77 Å². The Hall–Kier alpha value is -2.44. The van der Waals surface area contributed by atoms with Crippen LogP contribution in [0.2, 0.25) is 5.02 Å². The van der Waals surface area contributed by atoms with Gasteiger partial charge in [-0.1, -0.05) is 42.3 Å². The number of carbonyl (C=O) groups excluding carboxylic acids is 1. The molecule has 3 aromatic rings. The maximum atomic E-state index is 12.6. The number of carbonyl (C=O) groups is 1. The van der Waals surface area contributed by atoms with E-state index in [4.69, 9.17) is 23.8 Å². The summed E-state index contributed by atoms with van der Waals surface area (Å²) >= 11 is 11.3. The van der Waals surface area contributed by atoms with Crippen LogP contribution < -0.4 is 10.9 Å². The SMILES string of the molecule is CC(NC(=O)CCCCCn1c(=S)[nH]c2ccccc2c1=O)c1cccc(Cl)c1. The third-order valence-corrected chi connectivity index (χ3v) is 5.46. The Morgan fingerprint density at radius 2 is 1.97 bits per heavy atom. The summed E-state index contributed by atoms with van der Waals surface area (Å²) in [5.74, 6) is 0.0117. The number of hydrogen-bond acceptors (Lipinski definition) is 3. The molecule has 0 radical (unpaired) electrons. The smallest absolute Gasteiger partial charge is 0.262 e. The molecule has 1 atom stereocenters. The van der Waals surface area contributed by atoms with Crippen LogP contribution in [0.25, 0.3) is 10.9 Å². The Morgan fingerprint density at radius 3 is 2.76 bits per heavy atom. The van der Waals surface area contributed by atoms with Gasteiger partial charge in [-0.2, -0.15) is 0 Å². The lowest BCUT2D eigenvalue weighted by Gasteiger charge is -2.14. The van der Waals surface area contributed by atoms with Gasteiger partial charge in [0.2, 0.25) is 5.91 Å². The molecule has 1 amide bonds. The van der Waals surface area contributed by atoms with Gasteiger partial charge in [-0.25, -0.2) is 0 Å². The van der Waals surface area contributed by atoms with E-state index in [2.05, 4.69) is 10.3 Å². The number of halogens is 1. The van der Waals surface area contributed by atoms with Crippen LogP contribution in [-0.4, -0.2) is 15.5 Å². The number of rotatable bonds is 8. The molecule has 0 aliphatic heterocycles. The minimum atomic E-state index is -0.0873. The molecule has 1 heterocycles. The average molecular weight is 430 g/mol. The van der Waals surface area contributed by atoms with Crippen LogP contribution in [0.3, 0.4) is 0 Å². The van der Waals surface area contributed by atoms with Gasteiger partial charge in [-0.3, -0.25) is 14.2 Å². The monoisotopic (exact) mass is 429 g/mol. The maximum Gasteiger partial charge on any atom is 0.262 e. The number of benzene rings is 2. The number of H-pyrrole nitrogens is 1. The molecule has 5 nitrogen and oxygen atoms in total. The number of unbranched alkanes of at least 4 members (excludes halogenated alkanes) is 2. The molecule has 0 aliphatic rings. The fourth-order valence-electron chi connectivity index (χ4n) is 3.31. The van der Waals surface area contributed by atoms with Gasteiger partial charge in [0, 0.05) is 18.0 Å². The Morgan fingerprint density at radius 1 is 1.17 bits per heavy atom. The number of aromatic nitrogens is 2. The van der Waals surface area contributed by atoms with Gasteiger partial charge in [0.15, 0.2) is 4.77 Å². The summed E-state index contributed by atoms with van der Waals surface area (Å²) in [6.45, 7) is 2.48. The molecule has 0 aliphatic carbocycles. The highest BCUT2D eigenvalue weighted by atomic mass is 35.5. The van der Waals surface area contributed by atoms with Crippen molar-refractivity contribution in [2.75, 3.05) is 0 Å². The molecule has 152 valence electrons. The summed E-state index contributed by atoms with van der Waals surface area (Å²) < 4.78 is 2.03. The van der Waals surface area contributed by atoms with E-state index in [1.807, 2.05) is 49.4 Å². The topological polar surface area (TPSA) is 66.9 Å². The molecule has 29 heavy (non-hydrogen) atoms. The van der Waals surface area contributed by atoms with E-state index >= 15 is 0 Å². The van der Waals surface area contributed by atoms with Gasteiger partial charge in [0.25, 0.3) is 5.56 Å². The van der Waals surface area contributed by atoms with Crippen molar-refractivity contribution in [1.29, 1.82) is 0 Å². The molecule has 7 heteroatoms. The molecule has 2 aromatic carbocycles. The first kappa shape index (κ1) is 21.3. The van der Waals surface area contributed by atoms with E-state index in [0.717, 1.165) is 30.3 Å². The van der Waals surface area contributed by atoms with E-state index in [1.54, 1.807) is 10.6 Å². The van der Waals surface area contributed by atoms with E-state index in [1.165, 1.54) is 0 Å². The van der Waals surface area contributed by atoms with Crippen molar-refractivity contribution < 1.29 is 4.79 Å². The van der Waals surface area contributed by atoms with E-state index in [9.17, 15) is 9.59 Å². The minimum absolute atomic E-state index is 0.0117. The van der Waals surface area contributed by atoms with Crippen LogP contribution in [0.4, 0.5) is 0 Å². The van der Waals surface area contributed by atoms with Crippen molar-refractivity contribution >= 4 is 40.6 Å². The fourth-order valence-corrected chi connectivity index (χ4v) is 3.79. The zero-order chi connectivity index (χ0) is 20.8. The van der Waals surface area contributed by atoms with Crippen LogP contribution in [-0.2, 0) is 11.3 Å². The van der Waals surface area contributed by atoms with Crippen molar-refractivity contribution in [2.45, 2.75) is 45.2 Å². The summed E-state index contributed by atoms with van der Waals surface area (Å²) in [5, 5.41) is 4.29. The van der Waals surface area contributed by atoms with Gasteiger partial charge in [0.05, 0.1) is 16.9 Å². The quantitative estimate of drug-likeness (QED) is 0.384. The van der Waals surface area contributed by atoms with Gasteiger partial charge < -0.3 is 10.3 Å². The molecular weight excluding hydrogens is 406 g/mol. The Balaban J connectivity index is 1.46. The average Bonchev–Trinajstić information content (AvgIpc) is 2.70. The van der Waals surface area contributed by atoms with Crippen molar-refractivity contribution in [3.8, 4) is 0 Å². The predicted molar refractivity (Wildman–Crippen MR) is 120 cm³/mol. The highest BCUT2D eigenvalue weighted by Crippen LogP contribution is 2.17. The van der Waals surface area contributed by atoms with Gasteiger partial charge >= 0.3 is 0 Å². The number of nitrogens with one attached hydrogen (secondary N) is 2. The number of aromatic amines is 1. The fraction of sp³-hybridized carbons (Fsp3) is 0.318. The van der Waals surface area contributed by atoms with Crippen molar-refractivity contribution in [3.05, 3.63) is 74.2 Å². The second-order valence-electron chi connectivity index (χ2n) is 7.09. The second-order valence-corrected chi connectivity index (χ2v) is 7.91. The third kappa shape index (κ3) is 5.55. The molecule has 3 rings (SSSR count). The summed E-state index contributed by atoms with van der Waals surface area (Å²) in [4.78, 5) is 27.9. The Kier molecular flexibility index (Phi) is 7.23. The number of para-hydroxylation sites is 1. The van der Waals surface area contributed by atoms with Crippen LogP contribution in [0.5, 0.6) is 0 Å². The number of hydrogen-bond donors (Lipinski definition) is 2. The van der Waals surface area contributed by atoms with E-state index in [-0.39, 0.29) is 17.5 Å². The zero-order valence-corrected chi connectivity index (χ0v) is 17.9. The van der Waals surface area contributed by atoms with E-state index in [0.29, 0.717) is 28.1 Å². The van der Waals surface area contributed by atoms with Crippen molar-refractivity contribution in [2.24, 2.45) is 0 Å². The normalized spacial score (nSPS) is 12.1. The molecule has 2 N–H and O–H groups in total. The molecule has 0 fully saturated rings. The van der Waals surface area contributed by atoms with Gasteiger partial charge in [-0.05, 0) is 61.8 Å². The molecule has 0 saturated carbocycles. The van der Waals surface area contributed by atoms with E-state index < -0.39 is 0 Å². The molecule has 1 unspecified atom stereocenters. The molecule has 0 bridgehead atoms. The predicted octanol–water partition coefficient (Wildman–Crippen LogP) is 5.15. The molecule has 0 spiro atoms. The first-order chi connectivity index (χ1) is 14.0. The molecule has 0 saturated heterocycles. The third-order valence-electron chi connectivity index (χ3n) is 4.90. The lowest BCUT2D eigenvalue weighted by molar-refractivity contribution is -0.121. The second kappa shape index (κ2) is 9.85. The highest BCUT2D eigenvalue weighted by Gasteiger charge is 2.10. The van der Waals surface area contributed by atoms with Crippen molar-refractivity contribution in [1.82, 2.24) is 14.9 Å². The largest absolute Gasteiger partial charge is 0.350 e. The number of nitrogens with zero attached hydrogens (tertiary/aromatic N) is 1. The minimum Gasteiger partial charge on any atom is -0.350 e. The summed E-state index contributed by atoms with van der Waals surface area (Å²) in [5.41, 5.74) is 1.66. The summed E-state index contributed by atoms with van der Waals surface area (Å²) in [6, 6.07) is 14.8. The number of fused-ring (bicyclic) bond motifs is 1. The van der Waals surface area contributed by atoms with Crippen LogP contribution in [0.15, 0.2) is 53.3 Å². The highest BCUT2D eigenvalue weighted by molar-refractivity contribution is 7.71. The first-order valence-electron chi connectivity index (χ1n) is 9.72. The summed E-state index contributed by atoms with van der Waals surface area (Å²) in [7, 11) is 0. The first-order valence-corrected chi connectivity index (χ1v) is 10.5. The Labute approximate surface area is 179 Å². The number of amides is 1. The summed E-state index contributed by atoms with van der Waals surface area (Å²) in [6.07, 6.45) is 2.83. The maximum absolute atomic E-state index is 12.6. The standard InChI is InChI=1S/C22H24ClN3O2S/c1-15(16-8-7-9-17(23)14-16)24-20(27)12-3-2-6-13-26-21(28)18-10-4-5-11-19(18)25-22(26)29/h4-5,7-11,14-15H,2-3,6,12-13H2,1H3,(H,24,27)(H,25,29).